The maximum absolute atomic E-state index is 11.8. The van der Waals surface area contributed by atoms with Crippen LogP contribution < -0.4 is 11.1 Å². The summed E-state index contributed by atoms with van der Waals surface area (Å²) in [5.74, 6) is 0.522. The highest BCUT2D eigenvalue weighted by molar-refractivity contribution is 7.99. The Morgan fingerprint density at radius 2 is 2.15 bits per heavy atom. The minimum atomic E-state index is -0.594. The van der Waals surface area contributed by atoms with Gasteiger partial charge in [0.05, 0.1) is 25.1 Å². The molecule has 3 rings (SSSR count). The highest BCUT2D eigenvalue weighted by Gasteiger charge is 2.17. The van der Waals surface area contributed by atoms with Crippen LogP contribution in [0.5, 0.6) is 0 Å². The molecule has 3 aromatic heterocycles. The van der Waals surface area contributed by atoms with Crippen LogP contribution in [-0.2, 0) is 16.1 Å². The number of nitrogens with one attached hydrogen (secondary N) is 1. The van der Waals surface area contributed by atoms with Gasteiger partial charge in [0.25, 0.3) is 0 Å². The summed E-state index contributed by atoms with van der Waals surface area (Å²) in [6, 6.07) is 7.34. The number of pyridine rings is 1. The molecule has 2 amide bonds. The lowest BCUT2D eigenvalue weighted by Gasteiger charge is -2.08. The number of thioether (sulfide) groups is 1. The van der Waals surface area contributed by atoms with Crippen molar-refractivity contribution in [1.29, 1.82) is 0 Å². The molecule has 0 saturated carbocycles. The quantitative estimate of drug-likeness (QED) is 0.556. The first-order chi connectivity index (χ1) is 12.6. The molecule has 0 fully saturated rings. The fraction of sp³-hybridized carbons (Fsp3) is 0.188. The Bertz CT molecular complexity index is 879. The predicted octanol–water partition coefficient (Wildman–Crippen LogP) is 0.675. The number of carbonyl (C=O) groups is 2. The Kier molecular flexibility index (Phi) is 5.64. The normalized spacial score (nSPS) is 10.6. The lowest BCUT2D eigenvalue weighted by atomic mass is 10.2. The summed E-state index contributed by atoms with van der Waals surface area (Å²) >= 11 is 1.21. The van der Waals surface area contributed by atoms with Gasteiger partial charge in [0.1, 0.15) is 5.76 Å². The second-order valence-corrected chi connectivity index (χ2v) is 6.19. The van der Waals surface area contributed by atoms with Crippen molar-refractivity contribution >= 4 is 23.6 Å². The molecule has 9 nitrogen and oxygen atoms in total. The van der Waals surface area contributed by atoms with Crippen LogP contribution in [0, 0.1) is 0 Å². The summed E-state index contributed by atoms with van der Waals surface area (Å²) in [5.41, 5.74) is 5.81. The van der Waals surface area contributed by atoms with E-state index < -0.39 is 5.91 Å². The number of carbonyl (C=O) groups excluding carboxylic acids is 2. The number of hydrogen-bond acceptors (Lipinski definition) is 7. The van der Waals surface area contributed by atoms with Crippen LogP contribution in [0.3, 0.4) is 0 Å². The van der Waals surface area contributed by atoms with Gasteiger partial charge in [0, 0.05) is 18.0 Å². The molecular weight excluding hydrogens is 356 g/mol. The molecule has 3 N–H and O–H groups in total. The molecule has 0 unspecified atom stereocenters. The van der Waals surface area contributed by atoms with Gasteiger partial charge in [-0.2, -0.15) is 0 Å². The molecular formula is C16H16N6O3S. The van der Waals surface area contributed by atoms with Crippen molar-refractivity contribution in [3.63, 3.8) is 0 Å². The number of rotatable bonds is 8. The van der Waals surface area contributed by atoms with E-state index in [0.717, 1.165) is 11.3 Å². The van der Waals surface area contributed by atoms with Gasteiger partial charge in [-0.1, -0.05) is 11.8 Å². The summed E-state index contributed by atoms with van der Waals surface area (Å²) in [5, 5.41) is 11.4. The third kappa shape index (κ3) is 4.48. The first-order valence-electron chi connectivity index (χ1n) is 7.67. The van der Waals surface area contributed by atoms with Crippen LogP contribution in [0.25, 0.3) is 11.4 Å². The van der Waals surface area contributed by atoms with Crippen molar-refractivity contribution < 1.29 is 14.0 Å². The minimum absolute atomic E-state index is 0.0800. The van der Waals surface area contributed by atoms with Gasteiger partial charge in [0.2, 0.25) is 11.8 Å². The first kappa shape index (κ1) is 17.7. The summed E-state index contributed by atoms with van der Waals surface area (Å²) < 4.78 is 7.26. The molecule has 0 saturated heterocycles. The number of hydrogen-bond donors (Lipinski definition) is 2. The number of primary amides is 1. The smallest absolute Gasteiger partial charge is 0.236 e. The molecule has 0 aliphatic carbocycles. The molecule has 3 heterocycles. The molecule has 0 atom stereocenters. The van der Waals surface area contributed by atoms with E-state index in [9.17, 15) is 9.59 Å². The van der Waals surface area contributed by atoms with Crippen LogP contribution in [-0.4, -0.2) is 43.9 Å². The van der Waals surface area contributed by atoms with Gasteiger partial charge in [0.15, 0.2) is 11.0 Å². The van der Waals surface area contributed by atoms with E-state index in [1.165, 1.54) is 11.8 Å². The average Bonchev–Trinajstić information content (AvgIpc) is 3.29. The highest BCUT2D eigenvalue weighted by atomic mass is 32.2. The minimum Gasteiger partial charge on any atom is -0.467 e. The molecule has 26 heavy (non-hydrogen) atoms. The lowest BCUT2D eigenvalue weighted by molar-refractivity contribution is -0.123. The second kappa shape index (κ2) is 8.30. The zero-order chi connectivity index (χ0) is 18.4. The maximum atomic E-state index is 11.8. The third-order valence-electron chi connectivity index (χ3n) is 3.32. The van der Waals surface area contributed by atoms with E-state index in [1.807, 2.05) is 22.8 Å². The third-order valence-corrected chi connectivity index (χ3v) is 4.29. The van der Waals surface area contributed by atoms with Gasteiger partial charge in [-0.25, -0.2) is 0 Å². The maximum Gasteiger partial charge on any atom is 0.236 e. The Balaban J connectivity index is 1.79. The molecule has 0 aliphatic rings. The van der Waals surface area contributed by atoms with Gasteiger partial charge >= 0.3 is 0 Å². The van der Waals surface area contributed by atoms with Gasteiger partial charge in [-0.15, -0.1) is 10.2 Å². The van der Waals surface area contributed by atoms with Crippen LogP contribution in [0.1, 0.15) is 5.76 Å². The van der Waals surface area contributed by atoms with Crippen molar-refractivity contribution in [2.45, 2.75) is 11.7 Å². The monoisotopic (exact) mass is 372 g/mol. The fourth-order valence-corrected chi connectivity index (χ4v) is 2.94. The summed E-state index contributed by atoms with van der Waals surface area (Å²) in [7, 11) is 0. The molecule has 0 aromatic carbocycles. The van der Waals surface area contributed by atoms with Crippen molar-refractivity contribution in [2.75, 3.05) is 12.3 Å². The van der Waals surface area contributed by atoms with Crippen LogP contribution in [0.4, 0.5) is 0 Å². The largest absolute Gasteiger partial charge is 0.467 e. The lowest BCUT2D eigenvalue weighted by Crippen LogP contribution is -2.34. The van der Waals surface area contributed by atoms with E-state index >= 15 is 0 Å². The molecule has 0 radical (unpaired) electrons. The molecule has 134 valence electrons. The molecule has 0 spiro atoms. The molecule has 0 bridgehead atoms. The first-order valence-corrected chi connectivity index (χ1v) is 8.66. The topological polar surface area (TPSA) is 129 Å². The Labute approximate surface area is 153 Å². The number of amides is 2. The van der Waals surface area contributed by atoms with Crippen molar-refractivity contribution in [1.82, 2.24) is 25.1 Å². The summed E-state index contributed by atoms with van der Waals surface area (Å²) in [6.07, 6.45) is 4.96. The van der Waals surface area contributed by atoms with Crippen LogP contribution >= 0.6 is 11.8 Å². The Hall–Kier alpha value is -3.14. The van der Waals surface area contributed by atoms with Gasteiger partial charge in [-0.05, 0) is 24.3 Å². The van der Waals surface area contributed by atoms with Crippen molar-refractivity contribution in [2.24, 2.45) is 5.73 Å². The SMILES string of the molecule is NC(=O)CNC(=O)CSc1nnc(-c2cccnc2)n1Cc1ccco1. The van der Waals surface area contributed by atoms with Crippen molar-refractivity contribution in [3.05, 3.63) is 48.7 Å². The van der Waals surface area contributed by atoms with E-state index in [0.29, 0.717) is 17.5 Å². The molecule has 3 aromatic rings. The van der Waals surface area contributed by atoms with E-state index in [1.54, 1.807) is 24.7 Å². The van der Waals surface area contributed by atoms with Gasteiger partial charge < -0.3 is 15.5 Å². The standard InChI is InChI=1S/C16H16N6O3S/c17-13(23)8-19-14(24)10-26-16-21-20-15(11-3-1-5-18-7-11)22(16)9-12-4-2-6-25-12/h1-7H,8-10H2,(H2,17,23)(H,19,24). The summed E-state index contributed by atoms with van der Waals surface area (Å²) in [6.45, 7) is 0.217. The second-order valence-electron chi connectivity index (χ2n) is 5.25. The van der Waals surface area contributed by atoms with E-state index in [2.05, 4.69) is 20.5 Å². The molecule has 0 aliphatic heterocycles. The Morgan fingerprint density at radius 3 is 2.85 bits per heavy atom. The number of aromatic nitrogens is 4. The predicted molar refractivity (Wildman–Crippen MR) is 94.0 cm³/mol. The van der Waals surface area contributed by atoms with E-state index in [-0.39, 0.29) is 18.2 Å². The number of furan rings is 1. The Morgan fingerprint density at radius 1 is 1.27 bits per heavy atom. The van der Waals surface area contributed by atoms with Crippen LogP contribution in [0.15, 0.2) is 52.5 Å². The van der Waals surface area contributed by atoms with Crippen LogP contribution in [0.2, 0.25) is 0 Å². The van der Waals surface area contributed by atoms with Crippen molar-refractivity contribution in [3.8, 4) is 11.4 Å². The van der Waals surface area contributed by atoms with Gasteiger partial charge in [-0.3, -0.25) is 19.1 Å². The zero-order valence-electron chi connectivity index (χ0n) is 13.7. The summed E-state index contributed by atoms with van der Waals surface area (Å²) in [4.78, 5) is 26.6. The number of nitrogens with zero attached hydrogens (tertiary/aromatic N) is 4. The zero-order valence-corrected chi connectivity index (χ0v) is 14.5. The van der Waals surface area contributed by atoms with E-state index in [4.69, 9.17) is 10.2 Å². The number of nitrogens with two attached hydrogens (primary N) is 1. The molecule has 10 heteroatoms. The highest BCUT2D eigenvalue weighted by Crippen LogP contribution is 2.24. The average molecular weight is 372 g/mol. The fourth-order valence-electron chi connectivity index (χ4n) is 2.17.